The van der Waals surface area contributed by atoms with Gasteiger partial charge in [-0.1, -0.05) is 0 Å². The van der Waals surface area contributed by atoms with Crippen LogP contribution < -0.4 is 11.1 Å². The average Bonchev–Trinajstić information content (AvgIpc) is 2.03. The highest BCUT2D eigenvalue weighted by Gasteiger charge is 2.07. The molecule has 0 spiro atoms. The Morgan fingerprint density at radius 1 is 1.67 bits per heavy atom. The second-order valence-electron chi connectivity index (χ2n) is 2.52. The van der Waals surface area contributed by atoms with Gasteiger partial charge in [0.05, 0.1) is 5.56 Å². The summed E-state index contributed by atoms with van der Waals surface area (Å²) >= 11 is 0. The minimum atomic E-state index is 0.0463. The summed E-state index contributed by atoms with van der Waals surface area (Å²) in [5.41, 5.74) is 7.03. The standard InChI is InChI=1S/C8H12N4/c1-5-3-4-12-8(11-2)6(5)7(9)10/h3-4H,1-2H3,(H3,9,10)(H,11,12). The molecule has 0 saturated carbocycles. The summed E-state index contributed by atoms with van der Waals surface area (Å²) in [7, 11) is 1.76. The number of nitrogen functional groups attached to an aromatic ring is 1. The van der Waals surface area contributed by atoms with Gasteiger partial charge in [0.1, 0.15) is 11.7 Å². The molecule has 4 heteroatoms. The highest BCUT2D eigenvalue weighted by atomic mass is 15.0. The van der Waals surface area contributed by atoms with Gasteiger partial charge in [-0.15, -0.1) is 0 Å². The van der Waals surface area contributed by atoms with E-state index in [0.717, 1.165) is 5.56 Å². The van der Waals surface area contributed by atoms with Crippen molar-refractivity contribution in [2.75, 3.05) is 12.4 Å². The molecule has 0 saturated heterocycles. The Morgan fingerprint density at radius 3 is 2.75 bits per heavy atom. The van der Waals surface area contributed by atoms with E-state index >= 15 is 0 Å². The fourth-order valence-electron chi connectivity index (χ4n) is 1.09. The van der Waals surface area contributed by atoms with Crippen molar-refractivity contribution < 1.29 is 0 Å². The zero-order valence-electron chi connectivity index (χ0n) is 7.18. The third-order valence-corrected chi connectivity index (χ3v) is 1.67. The molecular weight excluding hydrogens is 152 g/mol. The van der Waals surface area contributed by atoms with Crippen LogP contribution in [0, 0.1) is 12.3 Å². The van der Waals surface area contributed by atoms with Crippen molar-refractivity contribution in [3.8, 4) is 0 Å². The van der Waals surface area contributed by atoms with E-state index in [-0.39, 0.29) is 5.84 Å². The monoisotopic (exact) mass is 164 g/mol. The second-order valence-corrected chi connectivity index (χ2v) is 2.52. The maximum absolute atomic E-state index is 7.32. The number of aromatic nitrogens is 1. The van der Waals surface area contributed by atoms with Crippen LogP contribution in [0.25, 0.3) is 0 Å². The summed E-state index contributed by atoms with van der Waals surface area (Å²) < 4.78 is 0. The first kappa shape index (κ1) is 8.52. The number of amidine groups is 1. The second kappa shape index (κ2) is 3.21. The van der Waals surface area contributed by atoms with Crippen molar-refractivity contribution in [3.05, 3.63) is 23.4 Å². The molecule has 4 N–H and O–H groups in total. The van der Waals surface area contributed by atoms with Gasteiger partial charge < -0.3 is 11.1 Å². The molecule has 0 aromatic carbocycles. The molecule has 0 aliphatic rings. The van der Waals surface area contributed by atoms with Crippen LogP contribution in [0.5, 0.6) is 0 Å². The van der Waals surface area contributed by atoms with E-state index < -0.39 is 0 Å². The van der Waals surface area contributed by atoms with Crippen molar-refractivity contribution in [2.45, 2.75) is 6.92 Å². The number of anilines is 1. The third-order valence-electron chi connectivity index (χ3n) is 1.67. The van der Waals surface area contributed by atoms with Gasteiger partial charge in [0.2, 0.25) is 0 Å². The molecule has 1 heterocycles. The van der Waals surface area contributed by atoms with E-state index in [1.165, 1.54) is 0 Å². The van der Waals surface area contributed by atoms with Crippen LogP contribution in [-0.2, 0) is 0 Å². The number of nitrogens with two attached hydrogens (primary N) is 1. The number of pyridine rings is 1. The largest absolute Gasteiger partial charge is 0.384 e. The van der Waals surface area contributed by atoms with Crippen LogP contribution in [0.15, 0.2) is 12.3 Å². The van der Waals surface area contributed by atoms with Crippen LogP contribution in [0.3, 0.4) is 0 Å². The topological polar surface area (TPSA) is 74.8 Å². The molecule has 0 aliphatic carbocycles. The molecule has 1 rings (SSSR count). The third kappa shape index (κ3) is 1.37. The van der Waals surface area contributed by atoms with Crippen molar-refractivity contribution in [2.24, 2.45) is 5.73 Å². The van der Waals surface area contributed by atoms with Gasteiger partial charge >= 0.3 is 0 Å². The zero-order chi connectivity index (χ0) is 9.14. The van der Waals surface area contributed by atoms with Gasteiger partial charge in [-0.3, -0.25) is 5.41 Å². The Morgan fingerprint density at radius 2 is 2.33 bits per heavy atom. The van der Waals surface area contributed by atoms with E-state index in [0.29, 0.717) is 11.4 Å². The van der Waals surface area contributed by atoms with E-state index in [1.807, 2.05) is 13.0 Å². The maximum atomic E-state index is 7.32. The Labute approximate surface area is 71.3 Å². The maximum Gasteiger partial charge on any atom is 0.136 e. The van der Waals surface area contributed by atoms with Crippen molar-refractivity contribution in [1.82, 2.24) is 4.98 Å². The molecule has 4 nitrogen and oxygen atoms in total. The van der Waals surface area contributed by atoms with Gasteiger partial charge in [-0.25, -0.2) is 4.98 Å². The Kier molecular flexibility index (Phi) is 2.28. The summed E-state index contributed by atoms with van der Waals surface area (Å²) in [5, 5.41) is 10.2. The summed E-state index contributed by atoms with van der Waals surface area (Å²) in [5.74, 6) is 0.701. The fraction of sp³-hybridized carbons (Fsp3) is 0.250. The Hall–Kier alpha value is -1.58. The summed E-state index contributed by atoms with van der Waals surface area (Å²) in [6.07, 6.45) is 1.69. The van der Waals surface area contributed by atoms with Gasteiger partial charge in [0.25, 0.3) is 0 Å². The lowest BCUT2D eigenvalue weighted by Gasteiger charge is -2.08. The van der Waals surface area contributed by atoms with E-state index in [9.17, 15) is 0 Å². The molecule has 0 aliphatic heterocycles. The molecule has 0 amide bonds. The van der Waals surface area contributed by atoms with Crippen molar-refractivity contribution in [1.29, 1.82) is 5.41 Å². The first-order valence-corrected chi connectivity index (χ1v) is 3.64. The zero-order valence-corrected chi connectivity index (χ0v) is 7.18. The predicted octanol–water partition coefficient (Wildman–Crippen LogP) is 0.716. The number of rotatable bonds is 2. The Bertz CT molecular complexity index is 306. The predicted molar refractivity (Wildman–Crippen MR) is 49.5 cm³/mol. The highest BCUT2D eigenvalue weighted by molar-refractivity contribution is 6.00. The average molecular weight is 164 g/mol. The number of hydrogen-bond acceptors (Lipinski definition) is 3. The smallest absolute Gasteiger partial charge is 0.136 e. The van der Waals surface area contributed by atoms with Crippen LogP contribution in [-0.4, -0.2) is 17.9 Å². The van der Waals surface area contributed by atoms with Gasteiger partial charge in [0, 0.05) is 13.2 Å². The van der Waals surface area contributed by atoms with Crippen LogP contribution >= 0.6 is 0 Å². The molecule has 0 fully saturated rings. The lowest BCUT2D eigenvalue weighted by molar-refractivity contribution is 1.23. The van der Waals surface area contributed by atoms with E-state index in [4.69, 9.17) is 11.1 Å². The first-order chi connectivity index (χ1) is 5.66. The molecule has 0 unspecified atom stereocenters. The van der Waals surface area contributed by atoms with Crippen molar-refractivity contribution >= 4 is 11.7 Å². The van der Waals surface area contributed by atoms with Crippen LogP contribution in [0.4, 0.5) is 5.82 Å². The van der Waals surface area contributed by atoms with E-state index in [1.54, 1.807) is 13.2 Å². The molecule has 0 atom stereocenters. The highest BCUT2D eigenvalue weighted by Crippen LogP contribution is 2.14. The number of nitrogens with zero attached hydrogens (tertiary/aromatic N) is 1. The fourth-order valence-corrected chi connectivity index (χ4v) is 1.09. The number of nitrogens with one attached hydrogen (secondary N) is 2. The van der Waals surface area contributed by atoms with Gasteiger partial charge in [-0.05, 0) is 18.6 Å². The van der Waals surface area contributed by atoms with E-state index in [2.05, 4.69) is 10.3 Å². The normalized spacial score (nSPS) is 9.50. The molecular formula is C8H12N4. The molecule has 64 valence electrons. The number of hydrogen-bond donors (Lipinski definition) is 3. The minimum Gasteiger partial charge on any atom is -0.384 e. The summed E-state index contributed by atoms with van der Waals surface area (Å²) in [6.45, 7) is 1.90. The minimum absolute atomic E-state index is 0.0463. The first-order valence-electron chi connectivity index (χ1n) is 3.64. The lowest BCUT2D eigenvalue weighted by atomic mass is 10.1. The van der Waals surface area contributed by atoms with Gasteiger partial charge in [0.15, 0.2) is 0 Å². The molecule has 1 aromatic rings. The Balaban J connectivity index is 3.29. The van der Waals surface area contributed by atoms with Gasteiger partial charge in [-0.2, -0.15) is 0 Å². The number of aryl methyl sites for hydroxylation is 1. The molecule has 0 radical (unpaired) electrons. The lowest BCUT2D eigenvalue weighted by Crippen LogP contribution is -2.16. The van der Waals surface area contributed by atoms with Crippen molar-refractivity contribution in [3.63, 3.8) is 0 Å². The quantitative estimate of drug-likeness (QED) is 0.445. The molecule has 0 bridgehead atoms. The SMILES string of the molecule is CNc1nccc(C)c1C(=N)N. The summed E-state index contributed by atoms with van der Waals surface area (Å²) in [4.78, 5) is 4.05. The summed E-state index contributed by atoms with van der Waals surface area (Å²) in [6, 6.07) is 1.83. The van der Waals surface area contributed by atoms with Crippen LogP contribution in [0.1, 0.15) is 11.1 Å². The molecule has 1 aromatic heterocycles. The van der Waals surface area contributed by atoms with Crippen LogP contribution in [0.2, 0.25) is 0 Å². The molecule has 12 heavy (non-hydrogen) atoms.